The Bertz CT molecular complexity index is 1210. The third kappa shape index (κ3) is 5.13. The quantitative estimate of drug-likeness (QED) is 0.532. The van der Waals surface area contributed by atoms with Gasteiger partial charge in [0.25, 0.3) is 5.91 Å². The summed E-state index contributed by atoms with van der Waals surface area (Å²) in [5.41, 5.74) is 4.03. The molecule has 0 unspecified atom stereocenters. The molecule has 1 aromatic heterocycles. The van der Waals surface area contributed by atoms with E-state index in [1.165, 1.54) is 16.9 Å². The Hall–Kier alpha value is -3.10. The molecule has 0 fully saturated rings. The van der Waals surface area contributed by atoms with Gasteiger partial charge in [-0.05, 0) is 45.6 Å². The van der Waals surface area contributed by atoms with E-state index in [0.717, 1.165) is 58.9 Å². The molecular weight excluding hydrogens is 458 g/mol. The van der Waals surface area contributed by atoms with Gasteiger partial charge in [0.1, 0.15) is 17.2 Å². The predicted molar refractivity (Wildman–Crippen MR) is 142 cm³/mol. The second-order valence-electron chi connectivity index (χ2n) is 10.1. The summed E-state index contributed by atoms with van der Waals surface area (Å²) in [5.74, 6) is 0.830. The first-order valence-electron chi connectivity index (χ1n) is 12.1. The molecular formula is C27H33N5O2S. The fraction of sp³-hybridized carbons (Fsp3) is 0.407. The summed E-state index contributed by atoms with van der Waals surface area (Å²) in [6, 6.07) is 17.0. The zero-order valence-corrected chi connectivity index (χ0v) is 21.7. The standard InChI is InChI=1S/C27H33N5O2S/c1-27(2)17-21-24(25(33)29-27)35-26(28-21)32-14-15-34-23-16-20(10-11-22(23)32)31(13-12-30(3)4)18-19-8-6-5-7-9-19/h5-11,16H,12-15,17-18H2,1-4H3,(H,29,33). The third-order valence-electron chi connectivity index (χ3n) is 6.39. The smallest absolute Gasteiger partial charge is 0.263 e. The number of nitrogens with one attached hydrogen (secondary N) is 1. The summed E-state index contributed by atoms with van der Waals surface area (Å²) in [6.07, 6.45) is 0.737. The molecule has 0 saturated carbocycles. The zero-order valence-electron chi connectivity index (χ0n) is 20.9. The van der Waals surface area contributed by atoms with Crippen LogP contribution in [0.2, 0.25) is 0 Å². The van der Waals surface area contributed by atoms with Crippen molar-refractivity contribution in [2.45, 2.75) is 32.4 Å². The molecule has 3 heterocycles. The molecule has 2 aromatic carbocycles. The van der Waals surface area contributed by atoms with Gasteiger partial charge in [0.2, 0.25) is 0 Å². The Morgan fingerprint density at radius 3 is 2.71 bits per heavy atom. The zero-order chi connectivity index (χ0) is 24.6. The molecule has 1 N–H and O–H groups in total. The summed E-state index contributed by atoms with van der Waals surface area (Å²) in [4.78, 5) is 25.0. The number of amides is 1. The monoisotopic (exact) mass is 491 g/mol. The van der Waals surface area contributed by atoms with Crippen molar-refractivity contribution in [2.24, 2.45) is 0 Å². The highest BCUT2D eigenvalue weighted by atomic mass is 32.1. The van der Waals surface area contributed by atoms with Gasteiger partial charge in [-0.2, -0.15) is 0 Å². The highest BCUT2D eigenvalue weighted by Crippen LogP contribution is 2.42. The summed E-state index contributed by atoms with van der Waals surface area (Å²) >= 11 is 1.47. The number of nitrogens with zero attached hydrogens (tertiary/aromatic N) is 4. The molecule has 35 heavy (non-hydrogen) atoms. The van der Waals surface area contributed by atoms with Crippen molar-refractivity contribution in [1.82, 2.24) is 15.2 Å². The Balaban J connectivity index is 1.43. The molecule has 0 spiro atoms. The first-order valence-corrected chi connectivity index (χ1v) is 12.9. The van der Waals surface area contributed by atoms with Gasteiger partial charge in [0, 0.05) is 43.3 Å². The van der Waals surface area contributed by atoms with Gasteiger partial charge in [-0.1, -0.05) is 41.7 Å². The fourth-order valence-electron chi connectivity index (χ4n) is 4.61. The van der Waals surface area contributed by atoms with E-state index in [4.69, 9.17) is 9.72 Å². The largest absolute Gasteiger partial charge is 0.489 e. The molecule has 8 heteroatoms. The Morgan fingerprint density at radius 1 is 1.14 bits per heavy atom. The first kappa shape index (κ1) is 23.6. The van der Waals surface area contributed by atoms with E-state index in [0.29, 0.717) is 13.2 Å². The molecule has 0 bridgehead atoms. The van der Waals surface area contributed by atoms with Crippen molar-refractivity contribution in [3.8, 4) is 5.75 Å². The van der Waals surface area contributed by atoms with Crippen LogP contribution in [-0.4, -0.2) is 61.7 Å². The van der Waals surface area contributed by atoms with Gasteiger partial charge >= 0.3 is 0 Å². The topological polar surface area (TPSA) is 60.9 Å². The minimum absolute atomic E-state index is 0.0266. The maximum absolute atomic E-state index is 12.6. The van der Waals surface area contributed by atoms with Crippen molar-refractivity contribution >= 4 is 33.8 Å². The lowest BCUT2D eigenvalue weighted by Gasteiger charge is -2.32. The average molecular weight is 492 g/mol. The first-order chi connectivity index (χ1) is 16.8. The van der Waals surface area contributed by atoms with Gasteiger partial charge in [-0.15, -0.1) is 0 Å². The van der Waals surface area contributed by atoms with Crippen LogP contribution in [0.3, 0.4) is 0 Å². The van der Waals surface area contributed by atoms with Crippen LogP contribution >= 0.6 is 11.3 Å². The lowest BCUT2D eigenvalue weighted by atomic mass is 9.94. The van der Waals surface area contributed by atoms with E-state index in [-0.39, 0.29) is 11.4 Å². The summed E-state index contributed by atoms with van der Waals surface area (Å²) in [7, 11) is 4.20. The van der Waals surface area contributed by atoms with E-state index < -0.39 is 0 Å². The van der Waals surface area contributed by atoms with Crippen molar-refractivity contribution in [3.05, 3.63) is 64.7 Å². The predicted octanol–water partition coefficient (Wildman–Crippen LogP) is 4.31. The normalized spacial score (nSPS) is 16.4. The molecule has 0 atom stereocenters. The van der Waals surface area contributed by atoms with Crippen molar-refractivity contribution in [1.29, 1.82) is 0 Å². The molecule has 3 aromatic rings. The Morgan fingerprint density at radius 2 is 1.94 bits per heavy atom. The van der Waals surface area contributed by atoms with Crippen LogP contribution < -0.4 is 19.9 Å². The molecule has 2 aliphatic heterocycles. The molecule has 0 aliphatic carbocycles. The van der Waals surface area contributed by atoms with Crippen LogP contribution in [0.4, 0.5) is 16.5 Å². The van der Waals surface area contributed by atoms with E-state index in [1.54, 1.807) is 0 Å². The number of rotatable bonds is 7. The Kier molecular flexibility index (Phi) is 6.42. The van der Waals surface area contributed by atoms with Gasteiger partial charge in [0.05, 0.1) is 17.9 Å². The van der Waals surface area contributed by atoms with E-state index in [2.05, 4.69) is 82.6 Å². The van der Waals surface area contributed by atoms with E-state index in [9.17, 15) is 4.79 Å². The van der Waals surface area contributed by atoms with Gasteiger partial charge in [0.15, 0.2) is 5.13 Å². The Labute approximate surface area is 211 Å². The number of hydrogen-bond acceptors (Lipinski definition) is 7. The summed E-state index contributed by atoms with van der Waals surface area (Å²) in [6.45, 7) is 8.06. The third-order valence-corrected chi connectivity index (χ3v) is 7.51. The van der Waals surface area contributed by atoms with Crippen molar-refractivity contribution in [3.63, 3.8) is 0 Å². The maximum atomic E-state index is 12.6. The van der Waals surface area contributed by atoms with Crippen molar-refractivity contribution in [2.75, 3.05) is 50.1 Å². The van der Waals surface area contributed by atoms with Gasteiger partial charge in [-0.3, -0.25) is 4.79 Å². The number of hydrogen-bond donors (Lipinski definition) is 1. The minimum Gasteiger partial charge on any atom is -0.489 e. The second kappa shape index (κ2) is 9.51. The van der Waals surface area contributed by atoms with Crippen molar-refractivity contribution < 1.29 is 9.53 Å². The molecule has 2 aliphatic rings. The van der Waals surface area contributed by atoms with Gasteiger partial charge < -0.3 is 24.8 Å². The summed E-state index contributed by atoms with van der Waals surface area (Å²) in [5, 5.41) is 3.94. The molecule has 1 amide bonds. The van der Waals surface area contributed by atoms with Crippen LogP contribution in [0.1, 0.15) is 34.8 Å². The van der Waals surface area contributed by atoms with Crippen LogP contribution in [0.15, 0.2) is 48.5 Å². The lowest BCUT2D eigenvalue weighted by Crippen LogP contribution is -2.48. The lowest BCUT2D eigenvalue weighted by molar-refractivity contribution is 0.0901. The minimum atomic E-state index is -0.276. The highest BCUT2D eigenvalue weighted by Gasteiger charge is 2.34. The number of benzene rings is 2. The highest BCUT2D eigenvalue weighted by molar-refractivity contribution is 7.17. The average Bonchev–Trinajstić information content (AvgIpc) is 3.24. The molecule has 5 rings (SSSR count). The number of fused-ring (bicyclic) bond motifs is 2. The number of carbonyl (C=O) groups is 1. The maximum Gasteiger partial charge on any atom is 0.263 e. The van der Waals surface area contributed by atoms with Crippen LogP contribution in [0, 0.1) is 0 Å². The number of ether oxygens (including phenoxy) is 1. The summed E-state index contributed by atoms with van der Waals surface area (Å²) < 4.78 is 6.12. The molecule has 0 saturated heterocycles. The van der Waals surface area contributed by atoms with E-state index >= 15 is 0 Å². The van der Waals surface area contributed by atoms with E-state index in [1.807, 2.05) is 13.8 Å². The second-order valence-corrected chi connectivity index (χ2v) is 11.1. The number of likely N-dealkylation sites (N-methyl/N-ethyl adjacent to an activating group) is 1. The molecule has 184 valence electrons. The van der Waals surface area contributed by atoms with Crippen LogP contribution in [-0.2, 0) is 13.0 Å². The number of anilines is 3. The van der Waals surface area contributed by atoms with Gasteiger partial charge in [-0.25, -0.2) is 4.98 Å². The molecule has 7 nitrogen and oxygen atoms in total. The van der Waals surface area contributed by atoms with Crippen LogP contribution in [0.25, 0.3) is 0 Å². The fourth-order valence-corrected chi connectivity index (χ4v) is 5.62. The van der Waals surface area contributed by atoms with Crippen LogP contribution in [0.5, 0.6) is 5.75 Å². The SMILES string of the molecule is CN(C)CCN(Cc1ccccc1)c1ccc2c(c1)OCCN2c1nc2c(s1)C(=O)NC(C)(C)C2. The number of carbonyl (C=O) groups excluding carboxylic acids is 1. The number of aromatic nitrogens is 1. The number of thiazole rings is 1. The molecule has 0 radical (unpaired) electrons.